The van der Waals surface area contributed by atoms with Gasteiger partial charge in [-0.3, -0.25) is 10.0 Å². The van der Waals surface area contributed by atoms with Crippen LogP contribution < -0.4 is 5.48 Å². The van der Waals surface area contributed by atoms with Gasteiger partial charge in [-0.1, -0.05) is 132 Å². The predicted molar refractivity (Wildman–Crippen MR) is 121 cm³/mol. The summed E-state index contributed by atoms with van der Waals surface area (Å²) in [6.45, 7) is 0. The summed E-state index contributed by atoms with van der Waals surface area (Å²) in [4.78, 5) is 10.9. The molecule has 0 aromatic heterocycles. The molecule has 0 heterocycles. The van der Waals surface area contributed by atoms with Crippen LogP contribution in [0.1, 0.15) is 135 Å². The van der Waals surface area contributed by atoms with Crippen LogP contribution in [0.2, 0.25) is 0 Å². The lowest BCUT2D eigenvalue weighted by Gasteiger charge is -2.04. The zero-order valence-electron chi connectivity index (χ0n) is 17.8. The monoisotopic (exact) mass is 447 g/mol. The molecule has 1 amide bonds. The highest BCUT2D eigenvalue weighted by molar-refractivity contribution is 9.09. The molecule has 0 saturated heterocycles. The zero-order valence-corrected chi connectivity index (χ0v) is 19.4. The van der Waals surface area contributed by atoms with Gasteiger partial charge in [0.05, 0.1) is 0 Å². The molecule has 0 spiro atoms. The van der Waals surface area contributed by atoms with E-state index in [9.17, 15) is 4.79 Å². The quantitative estimate of drug-likeness (QED) is 0.0761. The minimum atomic E-state index is -0.258. The van der Waals surface area contributed by atoms with Crippen LogP contribution in [0.3, 0.4) is 0 Å². The first kappa shape index (κ1) is 26.9. The van der Waals surface area contributed by atoms with E-state index in [1.54, 1.807) is 5.48 Å². The fourth-order valence-corrected chi connectivity index (χ4v) is 4.01. The Morgan fingerprint density at radius 1 is 0.519 bits per heavy atom. The lowest BCUT2D eigenvalue weighted by molar-refractivity contribution is -0.129. The van der Waals surface area contributed by atoms with Crippen LogP contribution in [0.5, 0.6) is 0 Å². The van der Waals surface area contributed by atoms with Crippen LogP contribution in [0.15, 0.2) is 0 Å². The van der Waals surface area contributed by atoms with Crippen molar-refractivity contribution in [3.8, 4) is 0 Å². The lowest BCUT2D eigenvalue weighted by Crippen LogP contribution is -2.17. The summed E-state index contributed by atoms with van der Waals surface area (Å²) in [6, 6.07) is 0. The van der Waals surface area contributed by atoms with Crippen molar-refractivity contribution in [3.63, 3.8) is 0 Å². The molecule has 0 aliphatic rings. The van der Waals surface area contributed by atoms with E-state index >= 15 is 0 Å². The number of halogens is 1. The molecule has 0 aliphatic carbocycles. The molecule has 0 rings (SSSR count). The Morgan fingerprint density at radius 2 is 0.778 bits per heavy atom. The largest absolute Gasteiger partial charge is 0.289 e. The van der Waals surface area contributed by atoms with Crippen LogP contribution in [0.4, 0.5) is 0 Å². The average Bonchev–Trinajstić information content (AvgIpc) is 2.68. The molecule has 0 aliphatic heterocycles. The molecular formula is C23H46BrNO2. The Kier molecular flexibility index (Phi) is 23.9. The summed E-state index contributed by atoms with van der Waals surface area (Å²) in [5, 5.41) is 9.57. The second-order valence-electron chi connectivity index (χ2n) is 8.05. The predicted octanol–water partition coefficient (Wildman–Crippen LogP) is 8.08. The second kappa shape index (κ2) is 23.9. The summed E-state index contributed by atoms with van der Waals surface area (Å²) in [7, 11) is 0. The number of carbonyl (C=O) groups excluding carboxylic acids is 1. The van der Waals surface area contributed by atoms with Crippen LogP contribution in [-0.4, -0.2) is 16.4 Å². The molecular weight excluding hydrogens is 402 g/mol. The van der Waals surface area contributed by atoms with Crippen molar-refractivity contribution < 1.29 is 10.0 Å². The molecule has 27 heavy (non-hydrogen) atoms. The van der Waals surface area contributed by atoms with Crippen molar-refractivity contribution in [3.05, 3.63) is 0 Å². The number of hydrogen-bond acceptors (Lipinski definition) is 2. The molecule has 0 aromatic carbocycles. The van der Waals surface area contributed by atoms with Crippen molar-refractivity contribution in [2.75, 3.05) is 5.33 Å². The Hall–Kier alpha value is -0.0900. The molecule has 0 radical (unpaired) electrons. The van der Waals surface area contributed by atoms with Gasteiger partial charge in [0.2, 0.25) is 5.91 Å². The summed E-state index contributed by atoms with van der Waals surface area (Å²) < 4.78 is 0. The molecule has 2 N–H and O–H groups in total. The first-order chi connectivity index (χ1) is 13.3. The highest BCUT2D eigenvalue weighted by Gasteiger charge is 1.98. The van der Waals surface area contributed by atoms with Crippen molar-refractivity contribution in [1.82, 2.24) is 5.48 Å². The number of carbonyl (C=O) groups is 1. The average molecular weight is 449 g/mol. The van der Waals surface area contributed by atoms with Gasteiger partial charge in [0.25, 0.3) is 0 Å². The van der Waals surface area contributed by atoms with Crippen LogP contribution in [0, 0.1) is 0 Å². The highest BCUT2D eigenvalue weighted by Crippen LogP contribution is 2.15. The Balaban J connectivity index is 3.00. The van der Waals surface area contributed by atoms with E-state index in [4.69, 9.17) is 5.21 Å². The molecule has 0 aromatic rings. The van der Waals surface area contributed by atoms with E-state index in [0.29, 0.717) is 6.42 Å². The third-order valence-corrected chi connectivity index (χ3v) is 5.97. The maximum Gasteiger partial charge on any atom is 0.243 e. The van der Waals surface area contributed by atoms with E-state index < -0.39 is 0 Å². The second-order valence-corrected chi connectivity index (χ2v) is 8.84. The summed E-state index contributed by atoms with van der Waals surface area (Å²) >= 11 is 3.49. The van der Waals surface area contributed by atoms with Crippen molar-refractivity contribution in [1.29, 1.82) is 0 Å². The number of hydroxylamine groups is 1. The fraction of sp³-hybridized carbons (Fsp3) is 0.957. The third-order valence-electron chi connectivity index (χ3n) is 5.41. The number of rotatable bonds is 22. The first-order valence-corrected chi connectivity index (χ1v) is 12.9. The minimum absolute atomic E-state index is 0.258. The molecule has 0 unspecified atom stereocenters. The normalized spacial score (nSPS) is 11.0. The van der Waals surface area contributed by atoms with Gasteiger partial charge >= 0.3 is 0 Å². The standard InChI is InChI=1S/C23H46BrNO2/c24-22-20-18-16-14-12-10-8-6-4-2-1-3-5-7-9-11-13-15-17-19-21-23(26)25-27/h27H,1-22H2,(H,25,26). The summed E-state index contributed by atoms with van der Waals surface area (Å²) in [5.41, 5.74) is 1.69. The van der Waals surface area contributed by atoms with Crippen LogP contribution >= 0.6 is 15.9 Å². The van der Waals surface area contributed by atoms with Crippen molar-refractivity contribution >= 4 is 21.8 Å². The van der Waals surface area contributed by atoms with E-state index in [-0.39, 0.29) is 5.91 Å². The number of amides is 1. The van der Waals surface area contributed by atoms with E-state index in [0.717, 1.165) is 12.8 Å². The molecule has 162 valence electrons. The van der Waals surface area contributed by atoms with E-state index in [2.05, 4.69) is 15.9 Å². The summed E-state index contributed by atoms with van der Waals surface area (Å²) in [5.74, 6) is -0.258. The number of nitrogens with one attached hydrogen (secondary N) is 1. The number of hydrogen-bond donors (Lipinski definition) is 2. The SMILES string of the molecule is O=C(CCCCCCCCCCCCCCCCCCCCCCBr)NO. The maximum absolute atomic E-state index is 10.9. The van der Waals surface area contributed by atoms with Crippen LogP contribution in [-0.2, 0) is 4.79 Å². The van der Waals surface area contributed by atoms with Gasteiger partial charge in [0, 0.05) is 11.8 Å². The first-order valence-electron chi connectivity index (χ1n) is 11.8. The molecule has 0 saturated carbocycles. The minimum Gasteiger partial charge on any atom is -0.289 e. The Labute approximate surface area is 177 Å². The van der Waals surface area contributed by atoms with E-state index in [1.165, 1.54) is 121 Å². The highest BCUT2D eigenvalue weighted by atomic mass is 79.9. The Bertz CT molecular complexity index is 300. The van der Waals surface area contributed by atoms with Crippen molar-refractivity contribution in [2.24, 2.45) is 0 Å². The molecule has 4 heteroatoms. The van der Waals surface area contributed by atoms with E-state index in [1.807, 2.05) is 0 Å². The molecule has 0 bridgehead atoms. The van der Waals surface area contributed by atoms with Gasteiger partial charge in [-0.2, -0.15) is 0 Å². The van der Waals surface area contributed by atoms with Gasteiger partial charge in [0.15, 0.2) is 0 Å². The fourth-order valence-electron chi connectivity index (χ4n) is 3.62. The van der Waals surface area contributed by atoms with Gasteiger partial charge in [0.1, 0.15) is 0 Å². The van der Waals surface area contributed by atoms with Crippen molar-refractivity contribution in [2.45, 2.75) is 135 Å². The maximum atomic E-state index is 10.9. The van der Waals surface area contributed by atoms with Gasteiger partial charge < -0.3 is 0 Å². The zero-order chi connectivity index (χ0) is 19.8. The number of unbranched alkanes of at least 4 members (excludes halogenated alkanes) is 19. The smallest absolute Gasteiger partial charge is 0.243 e. The lowest BCUT2D eigenvalue weighted by atomic mass is 10.0. The Morgan fingerprint density at radius 3 is 1.04 bits per heavy atom. The van der Waals surface area contributed by atoms with Gasteiger partial charge in [-0.25, -0.2) is 5.48 Å². The number of alkyl halides is 1. The third kappa shape index (κ3) is 23.9. The molecule has 0 fully saturated rings. The molecule has 0 atom stereocenters. The van der Waals surface area contributed by atoms with Gasteiger partial charge in [-0.15, -0.1) is 0 Å². The van der Waals surface area contributed by atoms with Crippen LogP contribution in [0.25, 0.3) is 0 Å². The molecule has 3 nitrogen and oxygen atoms in total. The summed E-state index contributed by atoms with van der Waals surface area (Å²) in [6.07, 6.45) is 27.6. The van der Waals surface area contributed by atoms with Gasteiger partial charge in [-0.05, 0) is 12.8 Å². The topological polar surface area (TPSA) is 49.3 Å².